The average Bonchev–Trinajstić information content (AvgIpc) is 3.19. The summed E-state index contributed by atoms with van der Waals surface area (Å²) in [7, 11) is 1.97. The van der Waals surface area contributed by atoms with E-state index < -0.39 is 6.09 Å². The van der Waals surface area contributed by atoms with Crippen molar-refractivity contribution in [1.82, 2.24) is 14.5 Å². The van der Waals surface area contributed by atoms with Crippen LogP contribution in [0.3, 0.4) is 0 Å². The molecule has 8 heteroatoms. The van der Waals surface area contributed by atoms with E-state index in [1.54, 1.807) is 6.07 Å². The third-order valence-corrected chi connectivity index (χ3v) is 6.08. The summed E-state index contributed by atoms with van der Waals surface area (Å²) in [6.07, 6.45) is -0.554. The van der Waals surface area contributed by atoms with Crippen LogP contribution in [0, 0.1) is 26.6 Å². The monoisotopic (exact) mass is 424 g/mol. The number of aryl methyl sites for hydroxylation is 4. The Morgan fingerprint density at radius 3 is 2.73 bits per heavy atom. The Bertz CT molecular complexity index is 1260. The number of halogens is 1. The van der Waals surface area contributed by atoms with Gasteiger partial charge in [0.1, 0.15) is 28.3 Å². The maximum Gasteiger partial charge on any atom is 0.412 e. The van der Waals surface area contributed by atoms with Crippen molar-refractivity contribution in [3.63, 3.8) is 0 Å². The Morgan fingerprint density at radius 1 is 1.17 bits per heavy atom. The first-order valence-corrected chi connectivity index (χ1v) is 10.2. The summed E-state index contributed by atoms with van der Waals surface area (Å²) in [5.41, 5.74) is 5.07. The molecule has 4 rings (SSSR count). The minimum atomic E-state index is -0.554. The molecule has 4 aromatic rings. The topological polar surface area (TPSA) is 69.0 Å². The van der Waals surface area contributed by atoms with Crippen LogP contribution >= 0.6 is 11.3 Å². The van der Waals surface area contributed by atoms with Crippen LogP contribution in [0.2, 0.25) is 0 Å². The van der Waals surface area contributed by atoms with Gasteiger partial charge in [0.2, 0.25) is 0 Å². The molecule has 6 nitrogen and oxygen atoms in total. The minimum Gasteiger partial charge on any atom is -0.444 e. The largest absolute Gasteiger partial charge is 0.444 e. The number of aromatic nitrogens is 3. The quantitative estimate of drug-likeness (QED) is 0.469. The van der Waals surface area contributed by atoms with Crippen molar-refractivity contribution >= 4 is 33.5 Å². The van der Waals surface area contributed by atoms with E-state index in [1.807, 2.05) is 50.6 Å². The molecule has 30 heavy (non-hydrogen) atoms. The van der Waals surface area contributed by atoms with Gasteiger partial charge >= 0.3 is 6.09 Å². The Labute approximate surface area is 177 Å². The molecule has 0 aliphatic carbocycles. The summed E-state index contributed by atoms with van der Waals surface area (Å²) >= 11 is 1.33. The molecule has 0 aliphatic heterocycles. The summed E-state index contributed by atoms with van der Waals surface area (Å²) in [6, 6.07) is 10.4. The number of anilines is 1. The lowest BCUT2D eigenvalue weighted by molar-refractivity contribution is 0.155. The van der Waals surface area contributed by atoms with Gasteiger partial charge in [0, 0.05) is 12.6 Å². The highest BCUT2D eigenvalue weighted by Crippen LogP contribution is 2.33. The Hall–Kier alpha value is -3.26. The van der Waals surface area contributed by atoms with Gasteiger partial charge < -0.3 is 9.30 Å². The number of hydrogen-bond acceptors (Lipinski definition) is 5. The summed E-state index contributed by atoms with van der Waals surface area (Å²) in [5, 5.41) is 4.08. The second-order valence-corrected chi connectivity index (χ2v) is 8.13. The Morgan fingerprint density at radius 2 is 1.97 bits per heavy atom. The lowest BCUT2D eigenvalue weighted by Gasteiger charge is -2.06. The SMILES string of the molecule is Cc1cc(F)ccc1-c1nc(C)c(NC(=O)OCc2ccc3c(c2)nc(C)n3C)s1. The highest BCUT2D eigenvalue weighted by atomic mass is 32.1. The lowest BCUT2D eigenvalue weighted by atomic mass is 10.1. The number of carbonyl (C=O) groups is 1. The maximum atomic E-state index is 13.4. The van der Waals surface area contributed by atoms with Crippen molar-refractivity contribution < 1.29 is 13.9 Å². The van der Waals surface area contributed by atoms with E-state index in [4.69, 9.17) is 4.74 Å². The molecule has 0 saturated heterocycles. The van der Waals surface area contributed by atoms with E-state index in [1.165, 1.54) is 23.5 Å². The van der Waals surface area contributed by atoms with Crippen LogP contribution < -0.4 is 5.32 Å². The number of nitrogens with zero attached hydrogens (tertiary/aromatic N) is 3. The molecule has 0 bridgehead atoms. The van der Waals surface area contributed by atoms with Crippen molar-refractivity contribution in [2.75, 3.05) is 5.32 Å². The fourth-order valence-corrected chi connectivity index (χ4v) is 4.27. The first kappa shape index (κ1) is 20.0. The number of carbonyl (C=O) groups excluding carboxylic acids is 1. The van der Waals surface area contributed by atoms with Gasteiger partial charge in [-0.05, 0) is 62.2 Å². The number of nitrogens with one attached hydrogen (secondary N) is 1. The number of fused-ring (bicyclic) bond motifs is 1. The normalized spacial score (nSPS) is 11.1. The third kappa shape index (κ3) is 3.91. The van der Waals surface area contributed by atoms with Crippen LogP contribution in [0.25, 0.3) is 21.6 Å². The van der Waals surface area contributed by atoms with E-state index in [9.17, 15) is 9.18 Å². The summed E-state index contributed by atoms with van der Waals surface area (Å²) in [5.74, 6) is 0.638. The molecule has 154 valence electrons. The predicted molar refractivity (Wildman–Crippen MR) is 116 cm³/mol. The standard InChI is InChI=1S/C22H21FN4O2S/c1-12-9-16(23)6-7-17(12)21-24-13(2)20(30-21)26-22(28)29-11-15-5-8-19-18(10-15)25-14(3)27(19)4/h5-10H,11H2,1-4H3,(H,26,28). The highest BCUT2D eigenvalue weighted by molar-refractivity contribution is 7.19. The van der Waals surface area contributed by atoms with Gasteiger partial charge in [0.25, 0.3) is 0 Å². The third-order valence-electron chi connectivity index (χ3n) is 4.97. The van der Waals surface area contributed by atoms with E-state index >= 15 is 0 Å². The number of thiazole rings is 1. The van der Waals surface area contributed by atoms with Gasteiger partial charge in [0.15, 0.2) is 0 Å². The van der Waals surface area contributed by atoms with Crippen molar-refractivity contribution in [3.05, 3.63) is 64.9 Å². The van der Waals surface area contributed by atoms with Crippen molar-refractivity contribution in [2.24, 2.45) is 7.05 Å². The van der Waals surface area contributed by atoms with E-state index in [-0.39, 0.29) is 12.4 Å². The van der Waals surface area contributed by atoms with Crippen molar-refractivity contribution in [2.45, 2.75) is 27.4 Å². The number of imidazole rings is 1. The fourth-order valence-electron chi connectivity index (χ4n) is 3.23. The Kier molecular flexibility index (Phi) is 5.26. The van der Waals surface area contributed by atoms with Crippen molar-refractivity contribution in [1.29, 1.82) is 0 Å². The van der Waals surface area contributed by atoms with Gasteiger partial charge in [0.05, 0.1) is 16.7 Å². The van der Waals surface area contributed by atoms with Gasteiger partial charge in [-0.25, -0.2) is 19.2 Å². The summed E-state index contributed by atoms with van der Waals surface area (Å²) < 4.78 is 20.7. The average molecular weight is 425 g/mol. The smallest absolute Gasteiger partial charge is 0.412 e. The van der Waals surface area contributed by atoms with Crippen LogP contribution in [0.5, 0.6) is 0 Å². The van der Waals surface area contributed by atoms with Gasteiger partial charge in [-0.2, -0.15) is 0 Å². The number of ether oxygens (including phenoxy) is 1. The first-order chi connectivity index (χ1) is 14.3. The molecular formula is C22H21FN4O2S. The van der Waals surface area contributed by atoms with Gasteiger partial charge in [-0.15, -0.1) is 0 Å². The number of amides is 1. The van der Waals surface area contributed by atoms with Crippen LogP contribution in [0.4, 0.5) is 14.2 Å². The van der Waals surface area contributed by atoms with Crippen LogP contribution in [0.1, 0.15) is 22.6 Å². The molecular weight excluding hydrogens is 403 g/mol. The lowest BCUT2D eigenvalue weighted by Crippen LogP contribution is -2.13. The molecule has 2 aromatic carbocycles. The van der Waals surface area contributed by atoms with Gasteiger partial charge in [-0.1, -0.05) is 17.4 Å². The number of benzene rings is 2. The molecule has 1 amide bonds. The number of rotatable bonds is 4. The molecule has 0 fully saturated rings. The fraction of sp³-hybridized carbons (Fsp3) is 0.227. The van der Waals surface area contributed by atoms with E-state index in [0.717, 1.165) is 38.6 Å². The molecule has 2 heterocycles. The van der Waals surface area contributed by atoms with Crippen molar-refractivity contribution in [3.8, 4) is 10.6 Å². The zero-order valence-corrected chi connectivity index (χ0v) is 17.9. The molecule has 0 radical (unpaired) electrons. The van der Waals surface area contributed by atoms with Gasteiger partial charge in [-0.3, -0.25) is 5.32 Å². The molecule has 1 N–H and O–H groups in total. The Balaban J connectivity index is 1.43. The second-order valence-electron chi connectivity index (χ2n) is 7.14. The molecule has 0 unspecified atom stereocenters. The predicted octanol–water partition coefficient (Wildman–Crippen LogP) is 5.51. The van der Waals surface area contributed by atoms with Crippen LogP contribution in [0.15, 0.2) is 36.4 Å². The highest BCUT2D eigenvalue weighted by Gasteiger charge is 2.15. The maximum absolute atomic E-state index is 13.4. The van der Waals surface area contributed by atoms with E-state index in [0.29, 0.717) is 10.7 Å². The van der Waals surface area contributed by atoms with Crippen LogP contribution in [-0.2, 0) is 18.4 Å². The van der Waals surface area contributed by atoms with E-state index in [2.05, 4.69) is 15.3 Å². The number of hydrogen-bond donors (Lipinski definition) is 1. The van der Waals surface area contributed by atoms with Crippen LogP contribution in [-0.4, -0.2) is 20.6 Å². The molecule has 0 aliphatic rings. The first-order valence-electron chi connectivity index (χ1n) is 9.41. The summed E-state index contributed by atoms with van der Waals surface area (Å²) in [6.45, 7) is 5.73. The zero-order valence-electron chi connectivity index (χ0n) is 17.1. The second kappa shape index (κ2) is 7.87. The zero-order chi connectivity index (χ0) is 21.4. The minimum absolute atomic E-state index is 0.138. The molecule has 0 atom stereocenters. The molecule has 0 spiro atoms. The summed E-state index contributed by atoms with van der Waals surface area (Å²) in [4.78, 5) is 21.3. The molecule has 0 saturated carbocycles. The molecule has 2 aromatic heterocycles.